The van der Waals surface area contributed by atoms with E-state index in [-0.39, 0.29) is 11.3 Å². The third kappa shape index (κ3) is 2.72. The van der Waals surface area contributed by atoms with Gasteiger partial charge in [0.1, 0.15) is 16.9 Å². The molecule has 29 heavy (non-hydrogen) atoms. The number of aromatic hydroxyl groups is 1. The van der Waals surface area contributed by atoms with Crippen LogP contribution in [0, 0.1) is 13.8 Å². The molecule has 5 rings (SSSR count). The first-order valence-corrected chi connectivity index (χ1v) is 9.47. The second-order valence-electron chi connectivity index (χ2n) is 7.40. The highest BCUT2D eigenvalue weighted by Gasteiger charge is 2.23. The minimum Gasteiger partial charge on any atom is -0.506 e. The van der Waals surface area contributed by atoms with Gasteiger partial charge >= 0.3 is 5.63 Å². The fourth-order valence-corrected chi connectivity index (χ4v) is 3.86. The van der Waals surface area contributed by atoms with Crippen LogP contribution in [0.1, 0.15) is 11.1 Å². The Bertz CT molecular complexity index is 1440. The lowest BCUT2D eigenvalue weighted by atomic mass is 9.97. The van der Waals surface area contributed by atoms with Crippen LogP contribution < -0.4 is 5.63 Å². The number of para-hydroxylation sites is 1. The summed E-state index contributed by atoms with van der Waals surface area (Å²) in [6, 6.07) is 21.1. The standard InChI is InChI=1S/C25H19NO3/c1-14-7-10-16(11-8-14)23-21(18-13-15(2)9-12-19(18)26-23)22-24(27)17-5-3-4-6-20(17)29-25(22)28/h3-13,26-27H,1-2H3. The molecule has 142 valence electrons. The zero-order chi connectivity index (χ0) is 20.1. The Balaban J connectivity index is 1.93. The van der Waals surface area contributed by atoms with Gasteiger partial charge in [0.2, 0.25) is 0 Å². The number of aromatic amines is 1. The van der Waals surface area contributed by atoms with Crippen LogP contribution in [-0.2, 0) is 0 Å². The molecule has 5 aromatic rings. The van der Waals surface area contributed by atoms with Gasteiger partial charge in [0.05, 0.1) is 11.1 Å². The van der Waals surface area contributed by atoms with E-state index in [9.17, 15) is 9.90 Å². The minimum atomic E-state index is -0.558. The zero-order valence-corrected chi connectivity index (χ0v) is 16.1. The third-order valence-electron chi connectivity index (χ3n) is 5.33. The van der Waals surface area contributed by atoms with Crippen LogP contribution in [0.4, 0.5) is 0 Å². The van der Waals surface area contributed by atoms with Crippen molar-refractivity contribution in [3.63, 3.8) is 0 Å². The summed E-state index contributed by atoms with van der Waals surface area (Å²) in [4.78, 5) is 16.4. The van der Waals surface area contributed by atoms with Crippen molar-refractivity contribution in [3.8, 4) is 28.1 Å². The maximum absolute atomic E-state index is 13.0. The summed E-state index contributed by atoms with van der Waals surface area (Å²) in [5, 5.41) is 12.5. The van der Waals surface area contributed by atoms with Crippen molar-refractivity contribution < 1.29 is 9.52 Å². The first kappa shape index (κ1) is 17.3. The van der Waals surface area contributed by atoms with Crippen LogP contribution in [0.3, 0.4) is 0 Å². The smallest absolute Gasteiger partial charge is 0.348 e. The number of H-pyrrole nitrogens is 1. The van der Waals surface area contributed by atoms with Crippen molar-refractivity contribution in [3.05, 3.63) is 88.3 Å². The number of rotatable bonds is 2. The van der Waals surface area contributed by atoms with Crippen molar-refractivity contribution in [2.45, 2.75) is 13.8 Å². The molecule has 4 nitrogen and oxygen atoms in total. The molecule has 0 unspecified atom stereocenters. The van der Waals surface area contributed by atoms with Gasteiger partial charge < -0.3 is 14.5 Å². The fraction of sp³-hybridized carbons (Fsp3) is 0.0800. The maximum Gasteiger partial charge on any atom is 0.348 e. The third-order valence-corrected chi connectivity index (χ3v) is 5.33. The van der Waals surface area contributed by atoms with Gasteiger partial charge in [-0.05, 0) is 43.7 Å². The van der Waals surface area contributed by atoms with Crippen LogP contribution in [0.5, 0.6) is 5.75 Å². The highest BCUT2D eigenvalue weighted by atomic mass is 16.4. The second kappa shape index (κ2) is 6.38. The van der Waals surface area contributed by atoms with E-state index in [4.69, 9.17) is 4.42 Å². The van der Waals surface area contributed by atoms with E-state index in [1.54, 1.807) is 18.2 Å². The molecule has 0 radical (unpaired) electrons. The first-order valence-electron chi connectivity index (χ1n) is 9.47. The average molecular weight is 381 g/mol. The van der Waals surface area contributed by atoms with Gasteiger partial charge in [-0.1, -0.05) is 53.6 Å². The molecule has 2 heterocycles. The van der Waals surface area contributed by atoms with Crippen molar-refractivity contribution in [2.75, 3.05) is 0 Å². The van der Waals surface area contributed by atoms with Crippen molar-refractivity contribution in [1.29, 1.82) is 0 Å². The molecule has 0 aliphatic heterocycles. The number of benzene rings is 3. The summed E-state index contributed by atoms with van der Waals surface area (Å²) < 4.78 is 5.56. The monoisotopic (exact) mass is 381 g/mol. The highest BCUT2D eigenvalue weighted by Crippen LogP contribution is 2.42. The molecule has 0 saturated heterocycles. The summed E-state index contributed by atoms with van der Waals surface area (Å²) in [6.07, 6.45) is 0. The lowest BCUT2D eigenvalue weighted by Crippen LogP contribution is -2.04. The molecule has 0 amide bonds. The molecule has 2 aromatic heterocycles. The van der Waals surface area contributed by atoms with Gasteiger partial charge in [0, 0.05) is 16.5 Å². The number of aromatic nitrogens is 1. The summed E-state index contributed by atoms with van der Waals surface area (Å²) in [5.41, 5.74) is 5.47. The Hall–Kier alpha value is -3.79. The van der Waals surface area contributed by atoms with Crippen LogP contribution in [0.2, 0.25) is 0 Å². The first-order chi connectivity index (χ1) is 14.0. The number of nitrogens with one attached hydrogen (secondary N) is 1. The molecule has 0 spiro atoms. The Morgan fingerprint density at radius 1 is 0.828 bits per heavy atom. The summed E-state index contributed by atoms with van der Waals surface area (Å²) in [7, 11) is 0. The normalized spacial score (nSPS) is 11.4. The summed E-state index contributed by atoms with van der Waals surface area (Å²) in [5.74, 6) is -0.0624. The molecule has 0 aliphatic rings. The van der Waals surface area contributed by atoms with Crippen molar-refractivity contribution in [2.24, 2.45) is 0 Å². The lowest BCUT2D eigenvalue weighted by Gasteiger charge is -2.09. The van der Waals surface area contributed by atoms with Crippen molar-refractivity contribution >= 4 is 21.9 Å². The van der Waals surface area contributed by atoms with E-state index < -0.39 is 5.63 Å². The van der Waals surface area contributed by atoms with Gasteiger partial charge in [-0.15, -0.1) is 0 Å². The number of fused-ring (bicyclic) bond motifs is 2. The molecule has 3 aromatic carbocycles. The largest absolute Gasteiger partial charge is 0.506 e. The molecule has 4 heteroatoms. The minimum absolute atomic E-state index is 0.0624. The molecule has 2 N–H and O–H groups in total. The Labute approximate surface area is 167 Å². The van der Waals surface area contributed by atoms with E-state index in [1.165, 1.54) is 0 Å². The molecule has 0 atom stereocenters. The van der Waals surface area contributed by atoms with Crippen LogP contribution in [0.15, 0.2) is 75.9 Å². The SMILES string of the molecule is Cc1ccc(-c2[nH]c3ccc(C)cc3c2-c2c(O)c3ccccc3oc2=O)cc1. The highest BCUT2D eigenvalue weighted by molar-refractivity contribution is 6.07. The van der Waals surface area contributed by atoms with Gasteiger partial charge in [-0.2, -0.15) is 0 Å². The van der Waals surface area contributed by atoms with Crippen LogP contribution in [-0.4, -0.2) is 10.1 Å². The van der Waals surface area contributed by atoms with E-state index in [0.717, 1.165) is 33.3 Å². The summed E-state index contributed by atoms with van der Waals surface area (Å²) in [6.45, 7) is 4.04. The second-order valence-corrected chi connectivity index (χ2v) is 7.40. The maximum atomic E-state index is 13.0. The van der Waals surface area contributed by atoms with Crippen LogP contribution >= 0.6 is 0 Å². The molecule has 0 saturated carbocycles. The van der Waals surface area contributed by atoms with Gasteiger partial charge in [-0.3, -0.25) is 0 Å². The quantitative estimate of drug-likeness (QED) is 0.372. The van der Waals surface area contributed by atoms with E-state index in [0.29, 0.717) is 16.5 Å². The number of hydrogen-bond acceptors (Lipinski definition) is 3. The molecular formula is C25H19NO3. The molecular weight excluding hydrogens is 362 g/mol. The predicted molar refractivity (Wildman–Crippen MR) is 116 cm³/mol. The van der Waals surface area contributed by atoms with Gasteiger partial charge in [0.15, 0.2) is 0 Å². The van der Waals surface area contributed by atoms with E-state index in [2.05, 4.69) is 4.98 Å². The average Bonchev–Trinajstić information content (AvgIpc) is 3.07. The zero-order valence-electron chi connectivity index (χ0n) is 16.1. The Morgan fingerprint density at radius 2 is 1.55 bits per heavy atom. The number of hydrogen-bond donors (Lipinski definition) is 2. The van der Waals surface area contributed by atoms with E-state index >= 15 is 0 Å². The fourth-order valence-electron chi connectivity index (χ4n) is 3.86. The molecule has 0 fully saturated rings. The Morgan fingerprint density at radius 3 is 2.34 bits per heavy atom. The molecule has 0 bridgehead atoms. The lowest BCUT2D eigenvalue weighted by molar-refractivity contribution is 0.471. The molecule has 0 aliphatic carbocycles. The van der Waals surface area contributed by atoms with Crippen molar-refractivity contribution in [1.82, 2.24) is 4.98 Å². The number of aryl methyl sites for hydroxylation is 2. The Kier molecular flexibility index (Phi) is 3.81. The predicted octanol–water partition coefficient (Wildman–Crippen LogP) is 5.93. The van der Waals surface area contributed by atoms with Gasteiger partial charge in [0.25, 0.3) is 0 Å². The van der Waals surface area contributed by atoms with Gasteiger partial charge in [-0.25, -0.2) is 4.79 Å². The van der Waals surface area contributed by atoms with E-state index in [1.807, 2.05) is 62.4 Å². The van der Waals surface area contributed by atoms with Crippen LogP contribution in [0.25, 0.3) is 44.3 Å². The summed E-state index contributed by atoms with van der Waals surface area (Å²) >= 11 is 0. The topological polar surface area (TPSA) is 66.2 Å².